The summed E-state index contributed by atoms with van der Waals surface area (Å²) in [4.78, 5) is 17.4. The van der Waals surface area contributed by atoms with Crippen LogP contribution in [0.25, 0.3) is 11.3 Å². The molecule has 0 radical (unpaired) electrons. The Balaban J connectivity index is 1.35. The molecule has 0 unspecified atom stereocenters. The van der Waals surface area contributed by atoms with Crippen LogP contribution in [0.2, 0.25) is 0 Å². The number of thioether (sulfide) groups is 1. The maximum atomic E-state index is 12.8. The molecule has 1 aromatic heterocycles. The molecule has 6 nitrogen and oxygen atoms in total. The number of nitrogens with zero attached hydrogens (tertiary/aromatic N) is 2. The van der Waals surface area contributed by atoms with Crippen LogP contribution in [0, 0.1) is 0 Å². The molecule has 2 aliphatic rings. The molecule has 1 fully saturated rings. The van der Waals surface area contributed by atoms with Gasteiger partial charge >= 0.3 is 0 Å². The van der Waals surface area contributed by atoms with Crippen molar-refractivity contribution in [2.75, 3.05) is 19.2 Å². The van der Waals surface area contributed by atoms with Gasteiger partial charge in [0.15, 0.2) is 22.4 Å². The fourth-order valence-corrected chi connectivity index (χ4v) is 4.65. The number of aromatic nitrogens is 2. The number of benzene rings is 2. The molecule has 0 spiro atoms. The van der Waals surface area contributed by atoms with Gasteiger partial charge in [0, 0.05) is 12.2 Å². The van der Waals surface area contributed by atoms with E-state index in [2.05, 4.69) is 21.7 Å². The summed E-state index contributed by atoms with van der Waals surface area (Å²) in [7, 11) is 0. The van der Waals surface area contributed by atoms with E-state index in [4.69, 9.17) is 14.2 Å². The largest absolute Gasteiger partial charge is 0.454 e. The maximum absolute atomic E-state index is 12.8. The molecule has 3 heterocycles. The fraction of sp³-hybridized carbons (Fsp3) is 0.304. The summed E-state index contributed by atoms with van der Waals surface area (Å²) in [6.07, 6.45) is 4.21. The average Bonchev–Trinajstić information content (AvgIpc) is 3.54. The van der Waals surface area contributed by atoms with Crippen molar-refractivity contribution >= 4 is 17.5 Å². The smallest absolute Gasteiger partial charge is 0.231 e. The van der Waals surface area contributed by atoms with Gasteiger partial charge in [-0.2, -0.15) is 0 Å². The zero-order valence-electron chi connectivity index (χ0n) is 16.5. The van der Waals surface area contributed by atoms with Crippen LogP contribution in [0.15, 0.2) is 59.9 Å². The van der Waals surface area contributed by atoms with Gasteiger partial charge in [-0.3, -0.25) is 4.79 Å². The molecular weight excluding hydrogens is 400 g/mol. The first-order valence-electron chi connectivity index (χ1n) is 10.1. The lowest BCUT2D eigenvalue weighted by Gasteiger charge is -2.16. The van der Waals surface area contributed by atoms with Crippen molar-refractivity contribution in [3.8, 4) is 22.8 Å². The molecule has 2 aliphatic heterocycles. The Morgan fingerprint density at radius 2 is 2.00 bits per heavy atom. The highest BCUT2D eigenvalue weighted by Crippen LogP contribution is 2.33. The van der Waals surface area contributed by atoms with Crippen molar-refractivity contribution in [2.24, 2.45) is 0 Å². The predicted octanol–water partition coefficient (Wildman–Crippen LogP) is 4.43. The van der Waals surface area contributed by atoms with E-state index in [0.717, 1.165) is 42.4 Å². The molecule has 0 amide bonds. The number of fused-ring (bicyclic) bond motifs is 1. The van der Waals surface area contributed by atoms with Gasteiger partial charge in [0.25, 0.3) is 0 Å². The van der Waals surface area contributed by atoms with Crippen LogP contribution in [-0.4, -0.2) is 40.6 Å². The van der Waals surface area contributed by atoms with E-state index in [1.807, 2.05) is 24.4 Å². The molecule has 1 atom stereocenters. The highest BCUT2D eigenvalue weighted by atomic mass is 32.2. The molecule has 7 heteroatoms. The van der Waals surface area contributed by atoms with E-state index in [9.17, 15) is 4.79 Å². The van der Waals surface area contributed by atoms with Crippen LogP contribution in [0.5, 0.6) is 11.5 Å². The Morgan fingerprint density at radius 3 is 2.83 bits per heavy atom. The lowest BCUT2D eigenvalue weighted by molar-refractivity contribution is 0.0954. The number of ether oxygens (including phenoxy) is 3. The molecule has 3 aromatic rings. The van der Waals surface area contributed by atoms with E-state index < -0.39 is 0 Å². The average molecular weight is 423 g/mol. The number of imidazole rings is 1. The van der Waals surface area contributed by atoms with Crippen LogP contribution >= 0.6 is 11.8 Å². The third-order valence-electron chi connectivity index (χ3n) is 5.33. The number of hydrogen-bond acceptors (Lipinski definition) is 6. The number of rotatable bonds is 7. The summed E-state index contributed by atoms with van der Waals surface area (Å²) in [6, 6.07) is 15.5. The highest BCUT2D eigenvalue weighted by Gasteiger charge is 2.22. The van der Waals surface area contributed by atoms with Gasteiger partial charge in [0.2, 0.25) is 6.79 Å². The first-order chi connectivity index (χ1) is 14.8. The second-order valence-corrected chi connectivity index (χ2v) is 8.26. The van der Waals surface area contributed by atoms with Crippen LogP contribution in [0.4, 0.5) is 0 Å². The highest BCUT2D eigenvalue weighted by molar-refractivity contribution is 7.99. The van der Waals surface area contributed by atoms with E-state index in [1.54, 1.807) is 18.2 Å². The van der Waals surface area contributed by atoms with Gasteiger partial charge in [-0.05, 0) is 36.6 Å². The number of carbonyl (C=O) groups excluding carboxylic acids is 1. The lowest BCUT2D eigenvalue weighted by Crippen LogP contribution is -2.17. The predicted molar refractivity (Wildman–Crippen MR) is 114 cm³/mol. The summed E-state index contributed by atoms with van der Waals surface area (Å²) in [5.74, 6) is 1.64. The molecule has 1 saturated heterocycles. The minimum absolute atomic E-state index is 0.0335. The Labute approximate surface area is 179 Å². The zero-order valence-corrected chi connectivity index (χ0v) is 17.3. The molecule has 30 heavy (non-hydrogen) atoms. The maximum Gasteiger partial charge on any atom is 0.231 e. The van der Waals surface area contributed by atoms with Crippen molar-refractivity contribution in [2.45, 2.75) is 30.6 Å². The van der Waals surface area contributed by atoms with Crippen LogP contribution in [0.3, 0.4) is 0 Å². The van der Waals surface area contributed by atoms with Gasteiger partial charge in [-0.15, -0.1) is 0 Å². The van der Waals surface area contributed by atoms with Gasteiger partial charge in [-0.1, -0.05) is 42.1 Å². The number of ketones is 1. The Bertz CT molecular complexity index is 1040. The minimum atomic E-state index is 0.0335. The van der Waals surface area contributed by atoms with Gasteiger partial charge in [0.1, 0.15) is 0 Å². The quantitative estimate of drug-likeness (QED) is 0.415. The Morgan fingerprint density at radius 1 is 1.13 bits per heavy atom. The summed E-state index contributed by atoms with van der Waals surface area (Å²) in [5.41, 5.74) is 2.77. The van der Waals surface area contributed by atoms with E-state index in [-0.39, 0.29) is 18.7 Å². The minimum Gasteiger partial charge on any atom is -0.454 e. The summed E-state index contributed by atoms with van der Waals surface area (Å²) >= 11 is 1.46. The van der Waals surface area contributed by atoms with E-state index in [0.29, 0.717) is 22.8 Å². The van der Waals surface area contributed by atoms with Crippen LogP contribution < -0.4 is 9.47 Å². The Hall–Kier alpha value is -2.77. The topological polar surface area (TPSA) is 62.6 Å². The molecule has 0 bridgehead atoms. The second kappa shape index (κ2) is 8.53. The zero-order chi connectivity index (χ0) is 20.3. The molecule has 5 rings (SSSR count). The summed E-state index contributed by atoms with van der Waals surface area (Å²) in [5, 5.41) is 0.832. The molecule has 0 aliphatic carbocycles. The first kappa shape index (κ1) is 19.2. The standard InChI is InChI=1S/C23H22N2O4S/c26-20(17-8-9-21-22(11-17)29-15-28-21)14-30-23-24-12-19(16-5-2-1-3-6-16)25(23)13-18-7-4-10-27-18/h1-3,5-6,8-9,11-12,18H,4,7,10,13-15H2/t18-/m1/s1. The van der Waals surface area contributed by atoms with E-state index >= 15 is 0 Å². The molecule has 0 N–H and O–H groups in total. The third-order valence-corrected chi connectivity index (χ3v) is 6.32. The molecule has 2 aromatic carbocycles. The third kappa shape index (κ3) is 3.95. The lowest BCUT2D eigenvalue weighted by atomic mass is 10.1. The van der Waals surface area contributed by atoms with Crippen molar-refractivity contribution in [1.29, 1.82) is 0 Å². The Kier molecular flexibility index (Phi) is 5.46. The van der Waals surface area contributed by atoms with Crippen molar-refractivity contribution in [3.05, 3.63) is 60.3 Å². The van der Waals surface area contributed by atoms with Gasteiger partial charge in [-0.25, -0.2) is 4.98 Å². The van der Waals surface area contributed by atoms with Crippen molar-refractivity contribution in [1.82, 2.24) is 9.55 Å². The second-order valence-electron chi connectivity index (χ2n) is 7.32. The normalized spacial score (nSPS) is 17.4. The van der Waals surface area contributed by atoms with Gasteiger partial charge < -0.3 is 18.8 Å². The first-order valence-corrected chi connectivity index (χ1v) is 11.0. The fourth-order valence-electron chi connectivity index (χ4n) is 3.77. The molecule has 0 saturated carbocycles. The summed E-state index contributed by atoms with van der Waals surface area (Å²) in [6.45, 7) is 1.75. The number of carbonyl (C=O) groups is 1. The SMILES string of the molecule is O=C(CSc1ncc(-c2ccccc2)n1C[C@H]1CCCO1)c1ccc2c(c1)OCO2. The number of Topliss-reactive ketones (excluding diaryl/α,β-unsaturated/α-hetero) is 1. The van der Waals surface area contributed by atoms with Gasteiger partial charge in [0.05, 0.1) is 30.3 Å². The summed E-state index contributed by atoms with van der Waals surface area (Å²) < 4.78 is 18.8. The van der Waals surface area contributed by atoms with E-state index in [1.165, 1.54) is 11.8 Å². The van der Waals surface area contributed by atoms with Crippen LogP contribution in [-0.2, 0) is 11.3 Å². The van der Waals surface area contributed by atoms with Crippen molar-refractivity contribution in [3.63, 3.8) is 0 Å². The number of hydrogen-bond donors (Lipinski definition) is 0. The van der Waals surface area contributed by atoms with Crippen molar-refractivity contribution < 1.29 is 19.0 Å². The molecule has 154 valence electrons. The molecular formula is C23H22N2O4S. The monoisotopic (exact) mass is 422 g/mol. The van der Waals surface area contributed by atoms with Crippen LogP contribution in [0.1, 0.15) is 23.2 Å².